The smallest absolute Gasteiger partial charge is 0.252 e. The van der Waals surface area contributed by atoms with E-state index in [1.165, 1.54) is 0 Å². The van der Waals surface area contributed by atoms with Crippen molar-refractivity contribution in [2.24, 2.45) is 4.99 Å². The summed E-state index contributed by atoms with van der Waals surface area (Å²) >= 11 is 3.69. The topological polar surface area (TPSA) is 98.6 Å². The maximum absolute atomic E-state index is 14.6. The van der Waals surface area contributed by atoms with Crippen LogP contribution in [0.4, 0.5) is 0 Å². The lowest BCUT2D eigenvalue weighted by atomic mass is 9.82. The van der Waals surface area contributed by atoms with Crippen molar-refractivity contribution in [3.63, 3.8) is 0 Å². The Morgan fingerprint density at radius 3 is 2.46 bits per heavy atom. The number of methoxy groups -OCH3 is 1. The van der Waals surface area contributed by atoms with Crippen molar-refractivity contribution in [3.05, 3.63) is 124 Å². The highest BCUT2D eigenvalue weighted by atomic mass is 79.9. The van der Waals surface area contributed by atoms with Gasteiger partial charge in [0.15, 0.2) is 11.6 Å². The number of rotatable bonds is 15. The van der Waals surface area contributed by atoms with Crippen LogP contribution in [0.1, 0.15) is 41.7 Å². The van der Waals surface area contributed by atoms with Crippen LogP contribution in [0.15, 0.2) is 107 Å². The number of carbonyl (C=O) groups excluding carboxylic acids is 1. The molecule has 46 heavy (non-hydrogen) atoms. The third-order valence-corrected chi connectivity index (χ3v) is 8.57. The molecule has 1 aliphatic rings. The third-order valence-electron chi connectivity index (χ3n) is 7.80. The fraction of sp³-hybridized carbons (Fsp3) is 0.297. The average molecular weight is 688 g/mol. The van der Waals surface area contributed by atoms with E-state index in [0.717, 1.165) is 32.5 Å². The largest absolute Gasteiger partial charge is 0.497 e. The number of hydrogen-bond donors (Lipinski definition) is 2. The van der Waals surface area contributed by atoms with Gasteiger partial charge in [-0.2, -0.15) is 0 Å². The molecule has 0 unspecified atom stereocenters. The van der Waals surface area contributed by atoms with Gasteiger partial charge in [-0.3, -0.25) is 4.79 Å². The number of aliphatic hydroxyl groups excluding tert-OH is 1. The number of carbonyl (C=O) groups is 1. The number of ether oxygens (including phenoxy) is 4. The van der Waals surface area contributed by atoms with E-state index in [1.54, 1.807) is 7.11 Å². The second kappa shape index (κ2) is 15.8. The molecule has 1 heterocycles. The van der Waals surface area contributed by atoms with Gasteiger partial charge in [-0.1, -0.05) is 64.5 Å². The summed E-state index contributed by atoms with van der Waals surface area (Å²) in [6.07, 6.45) is 0.667. The van der Waals surface area contributed by atoms with Crippen LogP contribution in [-0.4, -0.2) is 55.9 Å². The molecule has 0 fully saturated rings. The van der Waals surface area contributed by atoms with Crippen LogP contribution in [0.3, 0.4) is 0 Å². The normalized spacial score (nSPS) is 17.1. The predicted octanol–water partition coefficient (Wildman–Crippen LogP) is 6.48. The monoisotopic (exact) mass is 686 g/mol. The second-order valence-electron chi connectivity index (χ2n) is 10.9. The van der Waals surface area contributed by atoms with Gasteiger partial charge in [-0.25, -0.2) is 4.99 Å². The molecule has 0 saturated carbocycles. The number of halogens is 1. The molecular formula is C37H39BrN2O6. The van der Waals surface area contributed by atoms with Gasteiger partial charge in [0.25, 0.3) is 5.91 Å². The van der Waals surface area contributed by atoms with E-state index in [2.05, 4.69) is 21.2 Å². The first kappa shape index (κ1) is 33.0. The molecule has 0 bridgehead atoms. The molecule has 0 saturated heterocycles. The van der Waals surface area contributed by atoms with Crippen LogP contribution in [-0.2, 0) is 22.4 Å². The minimum absolute atomic E-state index is 0.0646. The summed E-state index contributed by atoms with van der Waals surface area (Å²) in [4.78, 5) is 19.7. The number of aliphatic hydroxyl groups is 1. The first-order valence-corrected chi connectivity index (χ1v) is 16.2. The van der Waals surface area contributed by atoms with Gasteiger partial charge < -0.3 is 29.4 Å². The van der Waals surface area contributed by atoms with E-state index in [-0.39, 0.29) is 18.9 Å². The van der Waals surface area contributed by atoms with E-state index < -0.39 is 11.6 Å². The Hall–Kier alpha value is -4.34. The summed E-state index contributed by atoms with van der Waals surface area (Å²) in [5.74, 6) is 2.25. The highest BCUT2D eigenvalue weighted by Gasteiger charge is 2.53. The number of amides is 1. The van der Waals surface area contributed by atoms with Gasteiger partial charge in [0.1, 0.15) is 17.2 Å². The Bertz CT molecular complexity index is 1640. The Morgan fingerprint density at radius 1 is 0.957 bits per heavy atom. The molecule has 8 nitrogen and oxygen atoms in total. The molecule has 240 valence electrons. The average Bonchev–Trinajstić information content (AvgIpc) is 3.47. The van der Waals surface area contributed by atoms with Crippen molar-refractivity contribution in [2.45, 2.75) is 37.8 Å². The lowest BCUT2D eigenvalue weighted by Gasteiger charge is -2.31. The van der Waals surface area contributed by atoms with Gasteiger partial charge in [-0.05, 0) is 78.6 Å². The van der Waals surface area contributed by atoms with Gasteiger partial charge in [0.05, 0.1) is 20.3 Å². The van der Waals surface area contributed by atoms with Crippen molar-refractivity contribution in [1.82, 2.24) is 5.32 Å². The number of aliphatic imine (C=N–C) groups is 1. The molecule has 1 aliphatic heterocycles. The summed E-state index contributed by atoms with van der Waals surface area (Å²) in [6.45, 7) is 3.38. The summed E-state index contributed by atoms with van der Waals surface area (Å²) in [6, 6.07) is 30.7. The number of nitrogens with one attached hydrogen (secondary N) is 1. The van der Waals surface area contributed by atoms with Crippen LogP contribution in [0, 0.1) is 0 Å². The number of para-hydroxylation sites is 1. The molecule has 2 atom stereocenters. The van der Waals surface area contributed by atoms with Crippen molar-refractivity contribution in [2.75, 3.05) is 33.5 Å². The van der Waals surface area contributed by atoms with E-state index in [0.29, 0.717) is 50.0 Å². The summed E-state index contributed by atoms with van der Waals surface area (Å²) in [7, 11) is 1.61. The highest BCUT2D eigenvalue weighted by molar-refractivity contribution is 9.10. The minimum atomic E-state index is -1.35. The van der Waals surface area contributed by atoms with Gasteiger partial charge in [-0.15, -0.1) is 0 Å². The van der Waals surface area contributed by atoms with Crippen molar-refractivity contribution < 1.29 is 28.8 Å². The molecule has 5 rings (SSSR count). The van der Waals surface area contributed by atoms with Crippen LogP contribution < -0.4 is 19.5 Å². The molecule has 0 spiro atoms. The number of benzene rings is 4. The fourth-order valence-electron chi connectivity index (χ4n) is 5.49. The first-order valence-electron chi connectivity index (χ1n) is 15.4. The molecule has 9 heteroatoms. The molecule has 0 aliphatic carbocycles. The van der Waals surface area contributed by atoms with Crippen LogP contribution >= 0.6 is 15.9 Å². The maximum Gasteiger partial charge on any atom is 0.252 e. The summed E-state index contributed by atoms with van der Waals surface area (Å²) in [5.41, 5.74) is 2.08. The summed E-state index contributed by atoms with van der Waals surface area (Å²) in [5, 5.41) is 12.3. The fourth-order valence-corrected chi connectivity index (χ4v) is 5.91. The maximum atomic E-state index is 14.6. The second-order valence-corrected chi connectivity index (χ2v) is 11.7. The number of nitrogens with zero attached hydrogens (tertiary/aromatic N) is 1. The van der Waals surface area contributed by atoms with Crippen LogP contribution in [0.2, 0.25) is 0 Å². The van der Waals surface area contributed by atoms with Gasteiger partial charge >= 0.3 is 0 Å². The Morgan fingerprint density at radius 2 is 1.72 bits per heavy atom. The molecule has 4 aromatic carbocycles. The zero-order chi connectivity index (χ0) is 32.4. The zero-order valence-electron chi connectivity index (χ0n) is 26.1. The molecule has 0 aromatic heterocycles. The highest BCUT2D eigenvalue weighted by Crippen LogP contribution is 2.44. The SMILES string of the molecule is CCOc1ccccc1CCNC(=O)[C@]1(Cc2ccccc2Br)N=C(c2ccc(OCCCO)cc2)O[C@@H]1c1cccc(OC)c1. The summed E-state index contributed by atoms with van der Waals surface area (Å²) < 4.78 is 24.6. The standard InChI is InChI=1S/C37H39BrN2O6/c1-3-44-33-15-7-5-10-26(33)20-21-39-36(42)37(25-29-11-4-6-14-32(29)38)34(28-12-8-13-31(24-28)43-2)46-35(40-37)27-16-18-30(19-17-27)45-23-9-22-41/h4-8,10-19,24,34,41H,3,9,20-23,25H2,1-2H3,(H,39,42)/t34-,37-/m1/s1. The van der Waals surface area contributed by atoms with Crippen molar-refractivity contribution in [3.8, 4) is 17.2 Å². The Balaban J connectivity index is 1.53. The molecular weight excluding hydrogens is 648 g/mol. The zero-order valence-corrected chi connectivity index (χ0v) is 27.7. The molecule has 0 radical (unpaired) electrons. The van der Waals surface area contributed by atoms with Crippen molar-refractivity contribution >= 4 is 27.7 Å². The van der Waals surface area contributed by atoms with Gasteiger partial charge in [0, 0.05) is 36.0 Å². The van der Waals surface area contributed by atoms with E-state index in [4.69, 9.17) is 29.0 Å². The van der Waals surface area contributed by atoms with E-state index in [1.807, 2.05) is 104 Å². The number of hydrogen-bond acceptors (Lipinski definition) is 7. The minimum Gasteiger partial charge on any atom is -0.497 e. The van der Waals surface area contributed by atoms with Crippen LogP contribution in [0.5, 0.6) is 17.2 Å². The lowest BCUT2D eigenvalue weighted by molar-refractivity contribution is -0.128. The molecule has 2 N–H and O–H groups in total. The van der Waals surface area contributed by atoms with Gasteiger partial charge in [0.2, 0.25) is 5.90 Å². The first-order chi connectivity index (χ1) is 22.5. The molecule has 1 amide bonds. The van der Waals surface area contributed by atoms with E-state index >= 15 is 0 Å². The Labute approximate surface area is 278 Å². The lowest BCUT2D eigenvalue weighted by Crippen LogP contribution is -2.50. The van der Waals surface area contributed by atoms with E-state index in [9.17, 15) is 4.79 Å². The quantitative estimate of drug-likeness (QED) is 0.139. The Kier molecular flexibility index (Phi) is 11.3. The third kappa shape index (κ3) is 7.71. The van der Waals surface area contributed by atoms with Crippen LogP contribution in [0.25, 0.3) is 0 Å². The predicted molar refractivity (Wildman–Crippen MR) is 182 cm³/mol. The van der Waals surface area contributed by atoms with Crippen molar-refractivity contribution in [1.29, 1.82) is 0 Å². The molecule has 4 aromatic rings.